The monoisotopic (exact) mass is 232 g/mol. The first kappa shape index (κ1) is 25.0. The molecule has 0 rings (SSSR count). The van der Waals surface area contributed by atoms with Gasteiger partial charge < -0.3 is 0 Å². The molecule has 0 aliphatic heterocycles. The lowest BCUT2D eigenvalue weighted by molar-refractivity contribution is 0.469. The summed E-state index contributed by atoms with van der Waals surface area (Å²) < 4.78 is 0. The molecule has 0 unspecified atom stereocenters. The molecule has 0 aromatic rings. The summed E-state index contributed by atoms with van der Waals surface area (Å²) in [6.45, 7) is 23.7. The maximum absolute atomic E-state index is 2.26. The molecule has 0 atom stereocenters. The minimum Gasteiger partial charge on any atom is -0.0683 e. The van der Waals surface area contributed by atoms with Crippen molar-refractivity contribution in [3.05, 3.63) is 0 Å². The molecule has 0 nitrogen and oxygen atoms in total. The van der Waals surface area contributed by atoms with Crippen LogP contribution in [-0.4, -0.2) is 0 Å². The molecule has 16 heavy (non-hydrogen) atoms. The Balaban J connectivity index is -0.0000000704. The van der Waals surface area contributed by atoms with Crippen LogP contribution in [0.2, 0.25) is 0 Å². The molecular formula is C16H40. The fraction of sp³-hybridized carbons (Fsp3) is 1.00. The van der Waals surface area contributed by atoms with E-state index in [1.165, 1.54) is 12.8 Å². The Kier molecular flexibility index (Phi) is 38.0. The van der Waals surface area contributed by atoms with Crippen molar-refractivity contribution in [2.45, 2.75) is 89.0 Å². The number of rotatable bonds is 3. The van der Waals surface area contributed by atoms with Crippen LogP contribution < -0.4 is 0 Å². The smallest absolute Gasteiger partial charge is 0.0469 e. The molecule has 0 fully saturated rings. The zero-order valence-electron chi connectivity index (χ0n) is 14.1. The van der Waals surface area contributed by atoms with Crippen LogP contribution in [0.4, 0.5) is 0 Å². The van der Waals surface area contributed by atoms with Crippen molar-refractivity contribution in [2.75, 3.05) is 0 Å². The molecule has 0 heteroatoms. The van der Waals surface area contributed by atoms with Crippen molar-refractivity contribution < 1.29 is 0 Å². The molecule has 0 aliphatic rings. The van der Waals surface area contributed by atoms with Crippen molar-refractivity contribution in [2.24, 2.45) is 17.8 Å². The van der Waals surface area contributed by atoms with E-state index in [4.69, 9.17) is 0 Å². The Morgan fingerprint density at radius 1 is 0.562 bits per heavy atom. The molecular weight excluding hydrogens is 192 g/mol. The van der Waals surface area contributed by atoms with Gasteiger partial charge in [0.05, 0.1) is 0 Å². The summed E-state index contributed by atoms with van der Waals surface area (Å²) in [7, 11) is 0. The van der Waals surface area contributed by atoms with Crippen molar-refractivity contribution >= 4 is 0 Å². The molecule has 0 spiro atoms. The third kappa shape index (κ3) is 65.7. The van der Waals surface area contributed by atoms with E-state index in [0.29, 0.717) is 0 Å². The second-order valence-electron chi connectivity index (χ2n) is 4.83. The number of hydrogen-bond acceptors (Lipinski definition) is 0. The van der Waals surface area contributed by atoms with Gasteiger partial charge in [-0.1, -0.05) is 82.6 Å². The summed E-state index contributed by atoms with van der Waals surface area (Å²) in [5.41, 5.74) is 0. The molecule has 0 aromatic heterocycles. The lowest BCUT2D eigenvalue weighted by atomic mass is 10.0. The standard InChI is InChI=1S/C7H16.C5H12.2C2H6/c1-6(2)5-7(3)4;1-4-5(2)3;2*1-2/h6-7H,5H2,1-4H3;5H,4H2,1-3H3;2*1-2H3. The van der Waals surface area contributed by atoms with Crippen LogP contribution in [-0.2, 0) is 0 Å². The zero-order chi connectivity index (χ0) is 14.1. The molecule has 0 N–H and O–H groups in total. The molecule has 0 amide bonds. The second-order valence-corrected chi connectivity index (χ2v) is 4.83. The van der Waals surface area contributed by atoms with Crippen molar-refractivity contribution in [3.63, 3.8) is 0 Å². The average Bonchev–Trinajstić information content (AvgIpc) is 2.22. The Hall–Kier alpha value is 0. The maximum atomic E-state index is 2.26. The Morgan fingerprint density at radius 2 is 0.750 bits per heavy atom. The first-order valence-corrected chi connectivity index (χ1v) is 7.40. The third-order valence-electron chi connectivity index (χ3n) is 1.76. The van der Waals surface area contributed by atoms with Crippen LogP contribution in [0.3, 0.4) is 0 Å². The highest BCUT2D eigenvalue weighted by atomic mass is 14.0. The quantitative estimate of drug-likeness (QED) is 0.502. The van der Waals surface area contributed by atoms with Crippen molar-refractivity contribution in [1.29, 1.82) is 0 Å². The van der Waals surface area contributed by atoms with E-state index in [1.807, 2.05) is 27.7 Å². The molecule has 0 heterocycles. The van der Waals surface area contributed by atoms with E-state index in [2.05, 4.69) is 48.5 Å². The summed E-state index contributed by atoms with van der Waals surface area (Å²) in [6.07, 6.45) is 2.67. The van der Waals surface area contributed by atoms with Gasteiger partial charge in [0, 0.05) is 0 Å². The van der Waals surface area contributed by atoms with E-state index in [9.17, 15) is 0 Å². The van der Waals surface area contributed by atoms with Gasteiger partial charge in [0.15, 0.2) is 0 Å². The van der Waals surface area contributed by atoms with Crippen LogP contribution in [0.5, 0.6) is 0 Å². The van der Waals surface area contributed by atoms with Crippen LogP contribution in [0.1, 0.15) is 89.0 Å². The lowest BCUT2D eigenvalue weighted by Gasteiger charge is -2.05. The molecule has 104 valence electrons. The minimum atomic E-state index is 0.875. The molecule has 0 aliphatic carbocycles. The van der Waals surface area contributed by atoms with Gasteiger partial charge in [-0.05, 0) is 24.2 Å². The first-order chi connectivity index (χ1) is 7.40. The van der Waals surface area contributed by atoms with E-state index in [1.54, 1.807) is 0 Å². The highest BCUT2D eigenvalue weighted by molar-refractivity contribution is 4.47. The van der Waals surface area contributed by atoms with Gasteiger partial charge in [-0.15, -0.1) is 0 Å². The fourth-order valence-corrected chi connectivity index (χ4v) is 0.943. The van der Waals surface area contributed by atoms with E-state index < -0.39 is 0 Å². The van der Waals surface area contributed by atoms with Crippen molar-refractivity contribution in [3.8, 4) is 0 Å². The molecule has 0 saturated carbocycles. The van der Waals surface area contributed by atoms with Crippen LogP contribution in [0.25, 0.3) is 0 Å². The van der Waals surface area contributed by atoms with E-state index >= 15 is 0 Å². The fourth-order valence-electron chi connectivity index (χ4n) is 0.943. The predicted molar refractivity (Wildman–Crippen MR) is 82.1 cm³/mol. The van der Waals surface area contributed by atoms with Gasteiger partial charge in [-0.2, -0.15) is 0 Å². The Bertz CT molecular complexity index is 64.1. The minimum absolute atomic E-state index is 0.875. The van der Waals surface area contributed by atoms with Gasteiger partial charge in [-0.25, -0.2) is 0 Å². The Labute approximate surface area is 107 Å². The first-order valence-electron chi connectivity index (χ1n) is 7.40. The van der Waals surface area contributed by atoms with Crippen LogP contribution in [0, 0.1) is 17.8 Å². The third-order valence-corrected chi connectivity index (χ3v) is 1.76. The van der Waals surface area contributed by atoms with Crippen molar-refractivity contribution in [1.82, 2.24) is 0 Å². The molecule has 0 aromatic carbocycles. The van der Waals surface area contributed by atoms with Gasteiger partial charge in [-0.3, -0.25) is 0 Å². The lowest BCUT2D eigenvalue weighted by Crippen LogP contribution is -1.93. The topological polar surface area (TPSA) is 0 Å². The maximum Gasteiger partial charge on any atom is -0.0469 e. The van der Waals surface area contributed by atoms with Crippen LogP contribution in [0.15, 0.2) is 0 Å². The SMILES string of the molecule is CC.CC.CC(C)CC(C)C.CCC(C)C. The summed E-state index contributed by atoms with van der Waals surface area (Å²) >= 11 is 0. The van der Waals surface area contributed by atoms with Gasteiger partial charge in [0.25, 0.3) is 0 Å². The largest absolute Gasteiger partial charge is 0.0683 e. The summed E-state index contributed by atoms with van der Waals surface area (Å²) in [5, 5.41) is 0. The van der Waals surface area contributed by atoms with Crippen LogP contribution >= 0.6 is 0 Å². The van der Waals surface area contributed by atoms with E-state index in [0.717, 1.165) is 17.8 Å². The van der Waals surface area contributed by atoms with Gasteiger partial charge in [0.2, 0.25) is 0 Å². The average molecular weight is 232 g/mol. The summed E-state index contributed by atoms with van der Waals surface area (Å²) in [4.78, 5) is 0. The Morgan fingerprint density at radius 3 is 0.750 bits per heavy atom. The van der Waals surface area contributed by atoms with Gasteiger partial charge >= 0.3 is 0 Å². The normalized spacial score (nSPS) is 8.62. The highest BCUT2D eigenvalue weighted by Crippen LogP contribution is 2.08. The predicted octanol–water partition coefficient (Wildman–Crippen LogP) is 6.79. The summed E-state index contributed by atoms with van der Waals surface area (Å²) in [6, 6.07) is 0. The zero-order valence-corrected chi connectivity index (χ0v) is 14.1. The molecule has 0 bridgehead atoms. The number of hydrogen-bond donors (Lipinski definition) is 0. The molecule has 0 radical (unpaired) electrons. The van der Waals surface area contributed by atoms with E-state index in [-0.39, 0.29) is 0 Å². The second kappa shape index (κ2) is 24.3. The summed E-state index contributed by atoms with van der Waals surface area (Å²) in [5.74, 6) is 2.63. The highest BCUT2D eigenvalue weighted by Gasteiger charge is 1.95. The van der Waals surface area contributed by atoms with Gasteiger partial charge in [0.1, 0.15) is 0 Å². The molecule has 0 saturated heterocycles.